The van der Waals surface area contributed by atoms with E-state index in [0.29, 0.717) is 33.2 Å². The predicted molar refractivity (Wildman–Crippen MR) is 142 cm³/mol. The third kappa shape index (κ3) is 3.94. The number of aryl methyl sites for hydroxylation is 1. The molecule has 0 saturated heterocycles. The van der Waals surface area contributed by atoms with E-state index in [4.69, 9.17) is 22.6 Å². The highest BCUT2D eigenvalue weighted by Crippen LogP contribution is 2.48. The quantitative estimate of drug-likeness (QED) is 0.198. The van der Waals surface area contributed by atoms with Crippen molar-refractivity contribution in [2.45, 2.75) is 27.1 Å². The molecule has 0 amide bonds. The van der Waals surface area contributed by atoms with Gasteiger partial charge in [-0.3, -0.25) is 0 Å². The van der Waals surface area contributed by atoms with Gasteiger partial charge in [0.15, 0.2) is 17.5 Å². The second kappa shape index (κ2) is 8.60. The second-order valence-corrected chi connectivity index (χ2v) is 9.33. The monoisotopic (exact) mass is 468 g/mol. The predicted octanol–water partition coefficient (Wildman–Crippen LogP) is 7.89. The molecule has 5 aromatic rings. The first-order valence-electron chi connectivity index (χ1n) is 14.7. The fourth-order valence-corrected chi connectivity index (χ4v) is 4.38. The number of hydrogen-bond donors (Lipinski definition) is 0. The molecule has 0 unspecified atom stereocenters. The molecule has 4 nitrogen and oxygen atoms in total. The standard InChI is InChI=1S/C31H29N2O2/c1-31(2,3)19-21-18-25(34-6)28(24-14-10-11-17-33(24)5)30-26(21)22-15-16-23(32-4)27(29(22)35-30)20-12-8-7-9-13-20/h7-18H,19H2,1-3,5-6H3/q+1/i7D,8D,9D,12D,13D,19D2. The van der Waals surface area contributed by atoms with Crippen molar-refractivity contribution in [2.75, 3.05) is 7.11 Å². The van der Waals surface area contributed by atoms with Crippen LogP contribution in [-0.2, 0) is 13.4 Å². The molecular formula is C31H29N2O2+. The first-order valence-corrected chi connectivity index (χ1v) is 11.2. The fraction of sp³-hybridized carbons (Fsp3) is 0.226. The van der Waals surface area contributed by atoms with Crippen molar-refractivity contribution in [1.82, 2.24) is 0 Å². The van der Waals surface area contributed by atoms with Crippen molar-refractivity contribution >= 4 is 27.6 Å². The highest BCUT2D eigenvalue weighted by Gasteiger charge is 2.28. The summed E-state index contributed by atoms with van der Waals surface area (Å²) in [5.74, 6) is 0.376. The zero-order chi connectivity index (χ0) is 30.9. The van der Waals surface area contributed by atoms with E-state index in [1.165, 1.54) is 13.2 Å². The number of furan rings is 1. The summed E-state index contributed by atoms with van der Waals surface area (Å²) in [5, 5.41) is 0.902. The highest BCUT2D eigenvalue weighted by atomic mass is 16.5. The van der Waals surface area contributed by atoms with Crippen LogP contribution in [0.2, 0.25) is 0 Å². The Morgan fingerprint density at radius 3 is 2.51 bits per heavy atom. The SMILES string of the molecule is [2H]c1c([2H])c([2H])c(-c2c([N+]#[C-])ccc3c2oc2c(-c4cccc[n+]4C)c(OC)cc(C([2H])([2H])C(C)(C)C)c23)c([2H])c1[2H]. The number of hydrogen-bond acceptors (Lipinski definition) is 2. The lowest BCUT2D eigenvalue weighted by molar-refractivity contribution is -0.660. The first kappa shape index (κ1) is 15.7. The number of fused-ring (bicyclic) bond motifs is 3. The van der Waals surface area contributed by atoms with Gasteiger partial charge >= 0.3 is 0 Å². The molecule has 35 heavy (non-hydrogen) atoms. The molecule has 174 valence electrons. The van der Waals surface area contributed by atoms with E-state index in [1.807, 2.05) is 36.0 Å². The van der Waals surface area contributed by atoms with Gasteiger partial charge < -0.3 is 9.15 Å². The lowest BCUT2D eigenvalue weighted by Crippen LogP contribution is -2.30. The van der Waals surface area contributed by atoms with E-state index in [1.54, 1.807) is 32.9 Å². The van der Waals surface area contributed by atoms with Crippen LogP contribution >= 0.6 is 0 Å². The second-order valence-electron chi connectivity index (χ2n) is 9.33. The number of nitrogens with zero attached hydrogens (tertiary/aromatic N) is 2. The Morgan fingerprint density at radius 2 is 1.86 bits per heavy atom. The first-order chi connectivity index (χ1) is 19.7. The van der Waals surface area contributed by atoms with Crippen molar-refractivity contribution in [1.29, 1.82) is 0 Å². The van der Waals surface area contributed by atoms with Crippen LogP contribution in [0.3, 0.4) is 0 Å². The Hall–Kier alpha value is -4.10. The van der Waals surface area contributed by atoms with Crippen LogP contribution in [-0.4, -0.2) is 7.11 Å². The molecule has 0 fully saturated rings. The fourth-order valence-electron chi connectivity index (χ4n) is 4.38. The minimum atomic E-state index is -1.89. The van der Waals surface area contributed by atoms with Gasteiger partial charge in [0.2, 0.25) is 5.69 Å². The number of aromatic nitrogens is 1. The molecule has 0 N–H and O–H groups in total. The van der Waals surface area contributed by atoms with Crippen LogP contribution in [0.1, 0.15) is 35.9 Å². The average Bonchev–Trinajstić information content (AvgIpc) is 3.33. The zero-order valence-corrected chi connectivity index (χ0v) is 20.3. The smallest absolute Gasteiger partial charge is 0.219 e. The van der Waals surface area contributed by atoms with Crippen molar-refractivity contribution in [2.24, 2.45) is 12.5 Å². The number of pyridine rings is 1. The number of ether oxygens (including phenoxy) is 1. The molecule has 2 aromatic heterocycles. The molecule has 0 radical (unpaired) electrons. The molecule has 4 heteroatoms. The molecule has 0 aliphatic carbocycles. The van der Waals surface area contributed by atoms with Crippen LogP contribution < -0.4 is 9.30 Å². The molecule has 3 aromatic carbocycles. The molecule has 0 aliphatic heterocycles. The van der Waals surface area contributed by atoms with Gasteiger partial charge in [-0.2, -0.15) is 0 Å². The third-order valence-corrected chi connectivity index (χ3v) is 5.77. The summed E-state index contributed by atoms with van der Waals surface area (Å²) in [4.78, 5) is 3.62. The van der Waals surface area contributed by atoms with Gasteiger partial charge in [0.25, 0.3) is 0 Å². The molecule has 0 saturated carbocycles. The van der Waals surface area contributed by atoms with Gasteiger partial charge in [-0.1, -0.05) is 63.1 Å². The van der Waals surface area contributed by atoms with Gasteiger partial charge in [-0.05, 0) is 35.0 Å². The molecule has 0 spiro atoms. The molecule has 0 bridgehead atoms. The average molecular weight is 469 g/mol. The largest absolute Gasteiger partial charge is 0.496 e. The van der Waals surface area contributed by atoms with Gasteiger partial charge in [0, 0.05) is 31.2 Å². The van der Waals surface area contributed by atoms with Gasteiger partial charge in [0.1, 0.15) is 23.9 Å². The molecule has 2 heterocycles. The summed E-state index contributed by atoms with van der Waals surface area (Å²) in [6.07, 6.45) is -0.0249. The van der Waals surface area contributed by atoms with E-state index in [9.17, 15) is 2.74 Å². The summed E-state index contributed by atoms with van der Waals surface area (Å²) in [7, 11) is 3.36. The van der Waals surface area contributed by atoms with Crippen molar-refractivity contribution in [3.63, 3.8) is 0 Å². The maximum absolute atomic E-state index is 9.23. The van der Waals surface area contributed by atoms with E-state index in [0.717, 1.165) is 5.69 Å². The van der Waals surface area contributed by atoms with Crippen LogP contribution in [0.25, 0.3) is 49.2 Å². The molecule has 0 atom stereocenters. The normalized spacial score (nSPS) is 14.9. The van der Waals surface area contributed by atoms with E-state index < -0.39 is 42.0 Å². The zero-order valence-electron chi connectivity index (χ0n) is 27.3. The Bertz CT molecular complexity index is 1940. The van der Waals surface area contributed by atoms with Crippen molar-refractivity contribution in [3.8, 4) is 28.1 Å². The van der Waals surface area contributed by atoms with Crippen LogP contribution in [0.15, 0.2) is 77.2 Å². The van der Waals surface area contributed by atoms with Crippen LogP contribution in [0.5, 0.6) is 5.75 Å². The Kier molecular flexibility index (Phi) is 3.86. The van der Waals surface area contributed by atoms with Gasteiger partial charge in [0.05, 0.1) is 20.5 Å². The lowest BCUT2D eigenvalue weighted by Gasteiger charge is -2.20. The maximum atomic E-state index is 9.23. The van der Waals surface area contributed by atoms with E-state index in [2.05, 4.69) is 4.85 Å². The molecular weight excluding hydrogens is 432 g/mol. The Labute approximate surface area is 216 Å². The summed E-state index contributed by atoms with van der Waals surface area (Å²) >= 11 is 0. The van der Waals surface area contributed by atoms with Crippen molar-refractivity contribution in [3.05, 3.63) is 89.8 Å². The van der Waals surface area contributed by atoms with Gasteiger partial charge in [-0.25, -0.2) is 9.41 Å². The summed E-state index contributed by atoms with van der Waals surface area (Å²) in [6, 6.07) is 7.95. The van der Waals surface area contributed by atoms with Crippen LogP contribution in [0, 0.1) is 12.0 Å². The topological polar surface area (TPSA) is 30.6 Å². The number of rotatable bonds is 4. The highest BCUT2D eigenvalue weighted by molar-refractivity contribution is 6.16. The molecule has 5 rings (SSSR count). The lowest BCUT2D eigenvalue weighted by atomic mass is 9.85. The minimum absolute atomic E-state index is 0.0410. The van der Waals surface area contributed by atoms with Gasteiger partial charge in [-0.15, -0.1) is 0 Å². The summed E-state index contributed by atoms with van der Waals surface area (Å²) < 4.78 is 74.6. The maximum Gasteiger partial charge on any atom is 0.219 e. The summed E-state index contributed by atoms with van der Waals surface area (Å²) in [6.45, 7) is 13.3. The number of benzene rings is 3. The third-order valence-electron chi connectivity index (χ3n) is 5.77. The number of methoxy groups -OCH3 is 1. The summed E-state index contributed by atoms with van der Waals surface area (Å²) in [5.41, 5.74) is 1.09. The van der Waals surface area contributed by atoms with E-state index in [-0.39, 0.29) is 22.4 Å². The Balaban J connectivity index is 2.10. The Morgan fingerprint density at radius 1 is 1.09 bits per heavy atom. The van der Waals surface area contributed by atoms with Crippen molar-refractivity contribution < 1.29 is 23.3 Å². The molecule has 0 aliphatic rings. The minimum Gasteiger partial charge on any atom is -0.496 e. The van der Waals surface area contributed by atoms with E-state index >= 15 is 0 Å². The van der Waals surface area contributed by atoms with Crippen LogP contribution in [0.4, 0.5) is 5.69 Å².